The minimum atomic E-state index is -0.648. The lowest BCUT2D eigenvalue weighted by atomic mass is 9.93. The van der Waals surface area contributed by atoms with Gasteiger partial charge in [0.2, 0.25) is 0 Å². The maximum atomic E-state index is 10.3. The fourth-order valence-corrected chi connectivity index (χ4v) is 2.22. The van der Waals surface area contributed by atoms with E-state index in [2.05, 4.69) is 34.2 Å². The molecule has 2 nitrogen and oxygen atoms in total. The van der Waals surface area contributed by atoms with Crippen molar-refractivity contribution >= 4 is 15.9 Å². The molecule has 0 aliphatic carbocycles. The van der Waals surface area contributed by atoms with Crippen molar-refractivity contribution in [1.82, 2.24) is 5.32 Å². The van der Waals surface area contributed by atoms with E-state index in [0.717, 1.165) is 36.0 Å². The fourth-order valence-electron chi connectivity index (χ4n) is 1.80. The van der Waals surface area contributed by atoms with Crippen LogP contribution in [0.3, 0.4) is 0 Å². The van der Waals surface area contributed by atoms with E-state index in [1.54, 1.807) is 0 Å². The van der Waals surface area contributed by atoms with E-state index in [-0.39, 0.29) is 0 Å². The number of benzene rings is 1. The molecule has 1 aromatic carbocycles. The minimum absolute atomic E-state index is 0.648. The van der Waals surface area contributed by atoms with E-state index in [1.165, 1.54) is 0 Å². The Kier molecular flexibility index (Phi) is 6.17. The van der Waals surface area contributed by atoms with Gasteiger partial charge in [-0.15, -0.1) is 0 Å². The third kappa shape index (κ3) is 5.66. The SMILES string of the molecule is CCCNCCC(C)(O)Cc1ccccc1Br. The van der Waals surface area contributed by atoms with Crippen molar-refractivity contribution in [1.29, 1.82) is 0 Å². The average molecular weight is 300 g/mol. The molecule has 0 radical (unpaired) electrons. The van der Waals surface area contributed by atoms with Gasteiger partial charge in [0.15, 0.2) is 0 Å². The molecule has 0 saturated carbocycles. The second-order valence-electron chi connectivity index (χ2n) is 4.77. The summed E-state index contributed by atoms with van der Waals surface area (Å²) in [5.41, 5.74) is 0.512. The van der Waals surface area contributed by atoms with Crippen molar-refractivity contribution in [2.75, 3.05) is 13.1 Å². The third-order valence-electron chi connectivity index (χ3n) is 2.80. The van der Waals surface area contributed by atoms with Crippen LogP contribution in [0.5, 0.6) is 0 Å². The Bertz CT molecular complexity index is 339. The maximum Gasteiger partial charge on any atom is 0.0672 e. The fraction of sp³-hybridized carbons (Fsp3) is 0.571. The van der Waals surface area contributed by atoms with Crippen LogP contribution >= 0.6 is 15.9 Å². The van der Waals surface area contributed by atoms with Crippen LogP contribution in [0.25, 0.3) is 0 Å². The predicted molar refractivity (Wildman–Crippen MR) is 76.2 cm³/mol. The van der Waals surface area contributed by atoms with Crippen molar-refractivity contribution in [3.05, 3.63) is 34.3 Å². The molecule has 0 heterocycles. The van der Waals surface area contributed by atoms with Gasteiger partial charge >= 0.3 is 0 Å². The van der Waals surface area contributed by atoms with Crippen LogP contribution < -0.4 is 5.32 Å². The zero-order chi connectivity index (χ0) is 12.7. The van der Waals surface area contributed by atoms with Gasteiger partial charge in [-0.05, 0) is 44.5 Å². The molecule has 0 aliphatic heterocycles. The molecule has 0 aromatic heterocycles. The molecule has 1 rings (SSSR count). The van der Waals surface area contributed by atoms with Crippen molar-refractivity contribution in [2.24, 2.45) is 0 Å². The molecular formula is C14H22BrNO. The van der Waals surface area contributed by atoms with Crippen molar-refractivity contribution < 1.29 is 5.11 Å². The predicted octanol–water partition coefficient (Wildman–Crippen LogP) is 3.13. The summed E-state index contributed by atoms with van der Waals surface area (Å²) < 4.78 is 1.07. The third-order valence-corrected chi connectivity index (χ3v) is 3.57. The van der Waals surface area contributed by atoms with Crippen molar-refractivity contribution in [2.45, 2.75) is 38.7 Å². The molecule has 17 heavy (non-hydrogen) atoms. The molecule has 96 valence electrons. The van der Waals surface area contributed by atoms with E-state index < -0.39 is 5.60 Å². The Morgan fingerprint density at radius 2 is 2.00 bits per heavy atom. The first kappa shape index (κ1) is 14.7. The van der Waals surface area contributed by atoms with E-state index in [0.29, 0.717) is 6.42 Å². The van der Waals surface area contributed by atoms with Crippen LogP contribution in [-0.4, -0.2) is 23.8 Å². The molecule has 0 saturated heterocycles. The minimum Gasteiger partial charge on any atom is -0.390 e. The van der Waals surface area contributed by atoms with Crippen molar-refractivity contribution in [3.63, 3.8) is 0 Å². The highest BCUT2D eigenvalue weighted by Crippen LogP contribution is 2.23. The number of hydrogen-bond acceptors (Lipinski definition) is 2. The Hall–Kier alpha value is -0.380. The summed E-state index contributed by atoms with van der Waals surface area (Å²) in [5, 5.41) is 13.7. The van der Waals surface area contributed by atoms with Gasteiger partial charge in [0.05, 0.1) is 5.60 Å². The first-order chi connectivity index (χ1) is 8.05. The molecule has 1 unspecified atom stereocenters. The molecular weight excluding hydrogens is 278 g/mol. The smallest absolute Gasteiger partial charge is 0.0672 e. The summed E-state index contributed by atoms with van der Waals surface area (Å²) in [7, 11) is 0. The Morgan fingerprint density at radius 3 is 2.65 bits per heavy atom. The summed E-state index contributed by atoms with van der Waals surface area (Å²) in [6.07, 6.45) is 2.59. The molecule has 0 amide bonds. The summed E-state index contributed by atoms with van der Waals surface area (Å²) in [6, 6.07) is 8.06. The highest BCUT2D eigenvalue weighted by Gasteiger charge is 2.21. The van der Waals surface area contributed by atoms with Gasteiger partial charge in [-0.25, -0.2) is 0 Å². The molecule has 1 aromatic rings. The molecule has 0 fully saturated rings. The number of hydrogen-bond donors (Lipinski definition) is 2. The van der Waals surface area contributed by atoms with E-state index in [9.17, 15) is 5.11 Å². The normalized spacial score (nSPS) is 14.6. The lowest BCUT2D eigenvalue weighted by Gasteiger charge is -2.24. The van der Waals surface area contributed by atoms with Gasteiger partial charge in [-0.1, -0.05) is 41.1 Å². The van der Waals surface area contributed by atoms with E-state index in [4.69, 9.17) is 0 Å². The lowest BCUT2D eigenvalue weighted by Crippen LogP contribution is -2.32. The van der Waals surface area contributed by atoms with E-state index in [1.807, 2.05) is 25.1 Å². The Labute approximate surface area is 113 Å². The summed E-state index contributed by atoms with van der Waals surface area (Å²) in [6.45, 7) is 5.93. The first-order valence-electron chi connectivity index (χ1n) is 6.21. The quantitative estimate of drug-likeness (QED) is 0.758. The Balaban J connectivity index is 2.46. The topological polar surface area (TPSA) is 32.3 Å². The highest BCUT2D eigenvalue weighted by atomic mass is 79.9. The van der Waals surface area contributed by atoms with Crippen LogP contribution in [0.4, 0.5) is 0 Å². The summed E-state index contributed by atoms with van der Waals surface area (Å²) >= 11 is 3.52. The van der Waals surface area contributed by atoms with Crippen LogP contribution in [-0.2, 0) is 6.42 Å². The monoisotopic (exact) mass is 299 g/mol. The summed E-state index contributed by atoms with van der Waals surface area (Å²) in [5.74, 6) is 0. The second-order valence-corrected chi connectivity index (χ2v) is 5.62. The van der Waals surface area contributed by atoms with Crippen LogP contribution in [0, 0.1) is 0 Å². The van der Waals surface area contributed by atoms with Gasteiger partial charge in [-0.3, -0.25) is 0 Å². The molecule has 2 N–H and O–H groups in total. The molecule has 0 aliphatic rings. The Morgan fingerprint density at radius 1 is 1.29 bits per heavy atom. The van der Waals surface area contributed by atoms with Gasteiger partial charge < -0.3 is 10.4 Å². The van der Waals surface area contributed by atoms with Crippen molar-refractivity contribution in [3.8, 4) is 0 Å². The van der Waals surface area contributed by atoms with Gasteiger partial charge in [-0.2, -0.15) is 0 Å². The van der Waals surface area contributed by atoms with E-state index >= 15 is 0 Å². The second kappa shape index (κ2) is 7.14. The number of nitrogens with one attached hydrogen (secondary N) is 1. The highest BCUT2D eigenvalue weighted by molar-refractivity contribution is 9.10. The zero-order valence-corrected chi connectivity index (χ0v) is 12.3. The zero-order valence-electron chi connectivity index (χ0n) is 10.7. The molecule has 1 atom stereocenters. The molecule has 0 bridgehead atoms. The van der Waals surface area contributed by atoms with Gasteiger partial charge in [0.25, 0.3) is 0 Å². The van der Waals surface area contributed by atoms with Crippen LogP contribution in [0.1, 0.15) is 32.3 Å². The standard InChI is InChI=1S/C14H22BrNO/c1-3-9-16-10-8-14(2,17)11-12-6-4-5-7-13(12)15/h4-7,16-17H,3,8-11H2,1-2H3. The summed E-state index contributed by atoms with van der Waals surface area (Å²) in [4.78, 5) is 0. The molecule has 0 spiro atoms. The maximum absolute atomic E-state index is 10.3. The van der Waals surface area contributed by atoms with Crippen LogP contribution in [0.15, 0.2) is 28.7 Å². The van der Waals surface area contributed by atoms with Crippen LogP contribution in [0.2, 0.25) is 0 Å². The first-order valence-corrected chi connectivity index (χ1v) is 7.01. The average Bonchev–Trinajstić information content (AvgIpc) is 2.28. The largest absolute Gasteiger partial charge is 0.390 e. The van der Waals surface area contributed by atoms with Gasteiger partial charge in [0.1, 0.15) is 0 Å². The number of aliphatic hydroxyl groups is 1. The number of halogens is 1. The number of rotatable bonds is 7. The lowest BCUT2D eigenvalue weighted by molar-refractivity contribution is 0.0514. The van der Waals surface area contributed by atoms with Gasteiger partial charge in [0, 0.05) is 10.9 Å². The molecule has 3 heteroatoms.